The van der Waals surface area contributed by atoms with Crippen LogP contribution in [0.2, 0.25) is 0 Å². The number of aryl methyl sites for hydroxylation is 1. The summed E-state index contributed by atoms with van der Waals surface area (Å²) >= 11 is 0. The van der Waals surface area contributed by atoms with Gasteiger partial charge in [-0.3, -0.25) is 4.57 Å². The van der Waals surface area contributed by atoms with Crippen LogP contribution in [0.5, 0.6) is 17.2 Å². The van der Waals surface area contributed by atoms with E-state index < -0.39 is 0 Å². The average Bonchev–Trinajstić information content (AvgIpc) is 3.53. The number of fused-ring (bicyclic) bond motifs is 3. The molecule has 7 rings (SSSR count). The van der Waals surface area contributed by atoms with Crippen molar-refractivity contribution in [1.29, 1.82) is 0 Å². The highest BCUT2D eigenvalue weighted by atomic mass is 16.5. The molecule has 0 saturated heterocycles. The van der Waals surface area contributed by atoms with Crippen molar-refractivity contribution in [1.82, 2.24) is 19.3 Å². The first-order chi connectivity index (χ1) is 21.7. The van der Waals surface area contributed by atoms with Gasteiger partial charge in [-0.15, -0.1) is 0 Å². The summed E-state index contributed by atoms with van der Waals surface area (Å²) in [6.45, 7) is 10.9. The predicted octanol–water partition coefficient (Wildman–Crippen LogP) is 9.75. The number of methoxy groups -OCH3 is 1. The summed E-state index contributed by atoms with van der Waals surface area (Å²) in [5.74, 6) is 3.01. The van der Waals surface area contributed by atoms with E-state index >= 15 is 0 Å². The van der Waals surface area contributed by atoms with Gasteiger partial charge in [0.1, 0.15) is 23.1 Å². The zero-order chi connectivity index (χ0) is 31.3. The Labute approximate surface area is 263 Å². The van der Waals surface area contributed by atoms with Crippen molar-refractivity contribution in [2.24, 2.45) is 0 Å². The first kappa shape index (κ1) is 28.4. The van der Waals surface area contributed by atoms with E-state index in [0.29, 0.717) is 0 Å². The van der Waals surface area contributed by atoms with Crippen LogP contribution in [0.4, 0.5) is 0 Å². The normalized spacial score (nSPS) is 11.8. The van der Waals surface area contributed by atoms with E-state index in [-0.39, 0.29) is 5.41 Å². The fourth-order valence-electron chi connectivity index (χ4n) is 6.16. The first-order valence-electron chi connectivity index (χ1n) is 15.2. The van der Waals surface area contributed by atoms with Gasteiger partial charge in [0.15, 0.2) is 0 Å². The van der Waals surface area contributed by atoms with Crippen LogP contribution in [0, 0.1) is 13.8 Å². The smallest absolute Gasteiger partial charge is 0.141 e. The number of hydrogen-bond donors (Lipinski definition) is 0. The summed E-state index contributed by atoms with van der Waals surface area (Å²) in [5.41, 5.74) is 8.73. The fraction of sp³-hybridized carbons (Fsp3) is 0.179. The van der Waals surface area contributed by atoms with Crippen molar-refractivity contribution < 1.29 is 9.47 Å². The number of aromatic nitrogens is 4. The van der Waals surface area contributed by atoms with Crippen LogP contribution in [-0.4, -0.2) is 26.4 Å². The van der Waals surface area contributed by atoms with Crippen LogP contribution in [0.15, 0.2) is 109 Å². The Bertz CT molecular complexity index is 2190. The van der Waals surface area contributed by atoms with Crippen LogP contribution >= 0.6 is 0 Å². The molecule has 4 aromatic carbocycles. The highest BCUT2D eigenvalue weighted by molar-refractivity contribution is 6.09. The number of benzene rings is 4. The van der Waals surface area contributed by atoms with E-state index in [4.69, 9.17) is 19.6 Å². The molecule has 3 aromatic heterocycles. The van der Waals surface area contributed by atoms with Gasteiger partial charge in [-0.2, -0.15) is 5.10 Å². The second-order valence-electron chi connectivity index (χ2n) is 12.5. The van der Waals surface area contributed by atoms with Crippen LogP contribution in [0.3, 0.4) is 0 Å². The quantitative estimate of drug-likeness (QED) is 0.193. The van der Waals surface area contributed by atoms with Gasteiger partial charge >= 0.3 is 0 Å². The minimum Gasteiger partial charge on any atom is -0.497 e. The topological polar surface area (TPSA) is 54.1 Å². The first-order valence-corrected chi connectivity index (χ1v) is 15.2. The molecule has 0 atom stereocenters. The molecule has 0 aliphatic carbocycles. The second-order valence-corrected chi connectivity index (χ2v) is 12.5. The van der Waals surface area contributed by atoms with Crippen molar-refractivity contribution in [2.75, 3.05) is 7.11 Å². The summed E-state index contributed by atoms with van der Waals surface area (Å²) in [7, 11) is 1.68. The third-order valence-electron chi connectivity index (χ3n) is 8.44. The lowest BCUT2D eigenvalue weighted by atomic mass is 9.86. The van der Waals surface area contributed by atoms with Crippen molar-refractivity contribution in [3.8, 4) is 39.9 Å². The largest absolute Gasteiger partial charge is 0.497 e. The van der Waals surface area contributed by atoms with E-state index in [0.717, 1.165) is 67.7 Å². The molecule has 0 radical (unpaired) electrons. The molecule has 3 heterocycles. The Morgan fingerprint density at radius 1 is 0.689 bits per heavy atom. The van der Waals surface area contributed by atoms with Gasteiger partial charge in [0.2, 0.25) is 0 Å². The zero-order valence-electron chi connectivity index (χ0n) is 26.5. The Balaban J connectivity index is 1.31. The maximum atomic E-state index is 6.52. The molecule has 6 heteroatoms. The summed E-state index contributed by atoms with van der Waals surface area (Å²) < 4.78 is 16.2. The van der Waals surface area contributed by atoms with E-state index in [1.165, 1.54) is 10.9 Å². The number of hydrogen-bond acceptors (Lipinski definition) is 4. The molecule has 0 aliphatic heterocycles. The van der Waals surface area contributed by atoms with Crippen molar-refractivity contribution in [3.05, 3.63) is 126 Å². The van der Waals surface area contributed by atoms with Gasteiger partial charge in [-0.05, 0) is 72.9 Å². The van der Waals surface area contributed by atoms with Gasteiger partial charge < -0.3 is 9.47 Å². The molecule has 45 heavy (non-hydrogen) atoms. The van der Waals surface area contributed by atoms with Crippen LogP contribution in [0.1, 0.15) is 37.7 Å². The lowest BCUT2D eigenvalue weighted by Gasteiger charge is -2.19. The third-order valence-corrected chi connectivity index (χ3v) is 8.44. The number of rotatable bonds is 6. The Morgan fingerprint density at radius 3 is 2.27 bits per heavy atom. The molecule has 0 amide bonds. The standard InChI is InChI=1S/C39H36N4O2/c1-25-38(27-11-8-7-9-12-27)26(2)43(41-25)29-13-10-14-31(22-29)45-32-16-17-33-34-21-28(39(3,4)5)15-18-35(34)42(36(33)23-32)37-24-30(44-6)19-20-40-37/h7-24H,1-6H3. The lowest BCUT2D eigenvalue weighted by Crippen LogP contribution is -2.10. The number of nitrogens with zero attached hydrogens (tertiary/aromatic N) is 4. The van der Waals surface area contributed by atoms with E-state index in [2.05, 4.69) is 99.8 Å². The molecule has 0 spiro atoms. The molecule has 6 nitrogen and oxygen atoms in total. The highest BCUT2D eigenvalue weighted by Gasteiger charge is 2.20. The van der Waals surface area contributed by atoms with Gasteiger partial charge in [-0.1, -0.05) is 63.2 Å². The molecular formula is C39H36N4O2. The number of ether oxygens (including phenoxy) is 2. The summed E-state index contributed by atoms with van der Waals surface area (Å²) in [5, 5.41) is 7.21. The van der Waals surface area contributed by atoms with E-state index in [1.54, 1.807) is 13.3 Å². The van der Waals surface area contributed by atoms with Crippen molar-refractivity contribution in [3.63, 3.8) is 0 Å². The van der Waals surface area contributed by atoms with E-state index in [9.17, 15) is 0 Å². The fourth-order valence-corrected chi connectivity index (χ4v) is 6.16. The van der Waals surface area contributed by atoms with Crippen LogP contribution < -0.4 is 9.47 Å². The molecule has 0 N–H and O–H groups in total. The minimum atomic E-state index is 0.0260. The second kappa shape index (κ2) is 11.0. The van der Waals surface area contributed by atoms with E-state index in [1.807, 2.05) is 47.1 Å². The average molecular weight is 593 g/mol. The maximum absolute atomic E-state index is 6.52. The molecule has 0 saturated carbocycles. The third kappa shape index (κ3) is 5.12. The summed E-state index contributed by atoms with van der Waals surface area (Å²) in [4.78, 5) is 4.73. The van der Waals surface area contributed by atoms with Gasteiger partial charge in [0.05, 0.1) is 29.5 Å². The van der Waals surface area contributed by atoms with Gasteiger partial charge in [-0.25, -0.2) is 9.67 Å². The minimum absolute atomic E-state index is 0.0260. The Kier molecular flexibility index (Phi) is 6.93. The SMILES string of the molecule is COc1ccnc(-n2c3ccc(C(C)(C)C)cc3c3ccc(Oc4cccc(-n5nc(C)c(-c6ccccc6)c5C)c4)cc32)c1. The summed E-state index contributed by atoms with van der Waals surface area (Å²) in [6.07, 6.45) is 1.78. The summed E-state index contributed by atoms with van der Waals surface area (Å²) in [6, 6.07) is 35.3. The molecule has 0 aliphatic rings. The van der Waals surface area contributed by atoms with Gasteiger partial charge in [0.25, 0.3) is 0 Å². The molecule has 224 valence electrons. The molecule has 0 bridgehead atoms. The molecular weight excluding hydrogens is 556 g/mol. The maximum Gasteiger partial charge on any atom is 0.141 e. The highest BCUT2D eigenvalue weighted by Crippen LogP contribution is 2.38. The van der Waals surface area contributed by atoms with Crippen molar-refractivity contribution >= 4 is 21.8 Å². The van der Waals surface area contributed by atoms with Crippen LogP contribution in [0.25, 0.3) is 44.4 Å². The monoisotopic (exact) mass is 592 g/mol. The molecule has 0 fully saturated rings. The number of pyridine rings is 1. The Hall–Kier alpha value is -5.36. The Morgan fingerprint density at radius 2 is 1.49 bits per heavy atom. The van der Waals surface area contributed by atoms with Crippen molar-refractivity contribution in [2.45, 2.75) is 40.0 Å². The van der Waals surface area contributed by atoms with Crippen LogP contribution in [-0.2, 0) is 5.41 Å². The molecule has 0 unspecified atom stereocenters. The van der Waals surface area contributed by atoms with Gasteiger partial charge in [0, 0.05) is 46.4 Å². The predicted molar refractivity (Wildman–Crippen MR) is 182 cm³/mol. The zero-order valence-corrected chi connectivity index (χ0v) is 26.5. The molecule has 7 aromatic rings. The lowest BCUT2D eigenvalue weighted by molar-refractivity contribution is 0.414.